The number of nitrogens with two attached hydrogens (primary N) is 1. The average molecular weight is 343 g/mol. The van der Waals surface area contributed by atoms with Gasteiger partial charge >= 0.3 is 0 Å². The highest BCUT2D eigenvalue weighted by atomic mass is 15.1. The number of aryl methyl sites for hydroxylation is 2. The minimum atomic E-state index is 0.0985. The van der Waals surface area contributed by atoms with Crippen LogP contribution in [0.15, 0.2) is 59.6 Å². The second-order valence-electron chi connectivity index (χ2n) is 8.04. The maximum atomic E-state index is 6.22. The van der Waals surface area contributed by atoms with E-state index >= 15 is 0 Å². The first-order valence-corrected chi connectivity index (χ1v) is 9.17. The van der Waals surface area contributed by atoms with E-state index in [4.69, 9.17) is 5.73 Å². The molecule has 0 aromatic heterocycles. The molecule has 3 aromatic rings. The van der Waals surface area contributed by atoms with Crippen molar-refractivity contribution in [1.82, 2.24) is 0 Å². The van der Waals surface area contributed by atoms with Gasteiger partial charge in [-0.1, -0.05) is 57.2 Å². The molecule has 0 aliphatic heterocycles. The van der Waals surface area contributed by atoms with Crippen LogP contribution in [-0.2, 0) is 18.3 Å². The maximum absolute atomic E-state index is 6.22. The van der Waals surface area contributed by atoms with Crippen LogP contribution in [0.4, 0.5) is 11.4 Å². The molecule has 3 N–H and O–H groups in total. The minimum Gasteiger partial charge on any atom is -0.369 e. The molecular formula is C23H25N3. The van der Waals surface area contributed by atoms with E-state index < -0.39 is 0 Å². The van der Waals surface area contributed by atoms with Gasteiger partial charge in [-0.25, -0.2) is 4.99 Å². The second-order valence-corrected chi connectivity index (χ2v) is 8.04. The van der Waals surface area contributed by atoms with Crippen LogP contribution < -0.4 is 11.1 Å². The predicted octanol–water partition coefficient (Wildman–Crippen LogP) is 5.29. The van der Waals surface area contributed by atoms with Crippen molar-refractivity contribution >= 4 is 28.1 Å². The monoisotopic (exact) mass is 343 g/mol. The number of nitrogens with zero attached hydrogens (tertiary/aromatic N) is 1. The number of hydrogen-bond donors (Lipinski definition) is 2. The van der Waals surface area contributed by atoms with Crippen molar-refractivity contribution in [2.45, 2.75) is 39.0 Å². The Hall–Kier alpha value is -2.81. The molecule has 0 spiro atoms. The third-order valence-electron chi connectivity index (χ3n) is 5.10. The van der Waals surface area contributed by atoms with Gasteiger partial charge in [0.05, 0.1) is 5.69 Å². The Morgan fingerprint density at radius 1 is 0.962 bits per heavy atom. The number of anilines is 1. The Morgan fingerprint density at radius 2 is 1.69 bits per heavy atom. The zero-order valence-corrected chi connectivity index (χ0v) is 15.6. The van der Waals surface area contributed by atoms with Gasteiger partial charge in [-0.3, -0.25) is 0 Å². The first-order valence-electron chi connectivity index (χ1n) is 9.17. The molecule has 0 heterocycles. The molecular weight excluding hydrogens is 318 g/mol. The van der Waals surface area contributed by atoms with Crippen LogP contribution in [0.5, 0.6) is 0 Å². The van der Waals surface area contributed by atoms with Crippen LogP contribution in [0.3, 0.4) is 0 Å². The van der Waals surface area contributed by atoms with Gasteiger partial charge in [0.15, 0.2) is 5.96 Å². The molecule has 3 nitrogen and oxygen atoms in total. The molecule has 3 heteroatoms. The Morgan fingerprint density at radius 3 is 2.46 bits per heavy atom. The van der Waals surface area contributed by atoms with Crippen molar-refractivity contribution < 1.29 is 0 Å². The molecule has 4 rings (SSSR count). The van der Waals surface area contributed by atoms with E-state index in [2.05, 4.69) is 79.6 Å². The van der Waals surface area contributed by atoms with Gasteiger partial charge in [0, 0.05) is 11.1 Å². The summed E-state index contributed by atoms with van der Waals surface area (Å²) >= 11 is 0. The van der Waals surface area contributed by atoms with E-state index in [1.54, 1.807) is 0 Å². The largest absolute Gasteiger partial charge is 0.369 e. The summed E-state index contributed by atoms with van der Waals surface area (Å²) in [6.07, 6.45) is 2.24. The highest BCUT2D eigenvalue weighted by Crippen LogP contribution is 2.36. The number of guanidine groups is 1. The average Bonchev–Trinajstić information content (AvgIpc) is 3.02. The van der Waals surface area contributed by atoms with Crippen LogP contribution in [0.1, 0.15) is 37.5 Å². The highest BCUT2D eigenvalue weighted by molar-refractivity contribution is 6.02. The summed E-state index contributed by atoms with van der Waals surface area (Å²) in [6, 6.07) is 19.1. The third-order valence-corrected chi connectivity index (χ3v) is 5.10. The molecule has 0 fully saturated rings. The van der Waals surface area contributed by atoms with Crippen LogP contribution in [0.25, 0.3) is 10.8 Å². The lowest BCUT2D eigenvalue weighted by atomic mass is 9.87. The third kappa shape index (κ3) is 3.05. The van der Waals surface area contributed by atoms with E-state index in [1.807, 2.05) is 6.07 Å². The molecule has 1 aliphatic carbocycles. The molecule has 0 amide bonds. The van der Waals surface area contributed by atoms with E-state index in [1.165, 1.54) is 27.5 Å². The topological polar surface area (TPSA) is 50.4 Å². The summed E-state index contributed by atoms with van der Waals surface area (Å²) in [5.74, 6) is 0.412. The Kier molecular flexibility index (Phi) is 3.95. The molecule has 26 heavy (non-hydrogen) atoms. The van der Waals surface area contributed by atoms with Gasteiger partial charge in [-0.05, 0) is 58.5 Å². The van der Waals surface area contributed by atoms with Crippen molar-refractivity contribution in [1.29, 1.82) is 0 Å². The summed E-state index contributed by atoms with van der Waals surface area (Å²) in [6.45, 7) is 6.61. The molecule has 132 valence electrons. The van der Waals surface area contributed by atoms with Crippen molar-refractivity contribution in [2.24, 2.45) is 10.7 Å². The van der Waals surface area contributed by atoms with Gasteiger partial charge in [0.25, 0.3) is 0 Å². The lowest BCUT2D eigenvalue weighted by Gasteiger charge is -2.20. The zero-order chi connectivity index (χ0) is 18.3. The van der Waals surface area contributed by atoms with E-state index in [-0.39, 0.29) is 5.41 Å². The number of benzene rings is 3. The summed E-state index contributed by atoms with van der Waals surface area (Å²) in [5, 5.41) is 5.78. The van der Waals surface area contributed by atoms with Crippen LogP contribution in [0.2, 0.25) is 0 Å². The normalized spacial score (nSPS) is 14.0. The highest BCUT2D eigenvalue weighted by Gasteiger charge is 2.16. The summed E-state index contributed by atoms with van der Waals surface area (Å²) in [7, 11) is 0. The van der Waals surface area contributed by atoms with Crippen LogP contribution in [0, 0.1) is 0 Å². The van der Waals surface area contributed by atoms with Crippen LogP contribution in [-0.4, -0.2) is 5.96 Å². The fourth-order valence-corrected chi connectivity index (χ4v) is 3.70. The zero-order valence-electron chi connectivity index (χ0n) is 15.6. The fraction of sp³-hybridized carbons (Fsp3) is 0.261. The number of nitrogens with one attached hydrogen (secondary N) is 1. The summed E-state index contributed by atoms with van der Waals surface area (Å²) < 4.78 is 0. The molecule has 0 saturated carbocycles. The molecule has 3 aromatic carbocycles. The first kappa shape index (κ1) is 16.6. The lowest BCUT2D eigenvalue weighted by molar-refractivity contribution is 0.590. The standard InChI is InChI=1S/C23H25N3/c1-23(2,3)17-7-5-8-18(14-17)25-22(24)26-20-13-12-16-11-10-15-6-4-9-19(20)21(15)16/h4-9,12-14H,10-11H2,1-3H3,(H3,24,25,26). The summed E-state index contributed by atoms with van der Waals surface area (Å²) in [4.78, 5) is 4.67. The Balaban J connectivity index is 1.67. The van der Waals surface area contributed by atoms with Gasteiger partial charge in [-0.2, -0.15) is 0 Å². The van der Waals surface area contributed by atoms with Crippen molar-refractivity contribution in [3.8, 4) is 0 Å². The van der Waals surface area contributed by atoms with Gasteiger partial charge in [0.1, 0.15) is 0 Å². The smallest absolute Gasteiger partial charge is 0.198 e. The molecule has 0 radical (unpaired) electrons. The molecule has 0 bridgehead atoms. The Labute approximate surface area is 155 Å². The fourth-order valence-electron chi connectivity index (χ4n) is 3.70. The molecule has 0 atom stereocenters. The van der Waals surface area contributed by atoms with Gasteiger partial charge in [-0.15, -0.1) is 0 Å². The quantitative estimate of drug-likeness (QED) is 0.490. The molecule has 1 aliphatic rings. The second kappa shape index (κ2) is 6.17. The van der Waals surface area contributed by atoms with Gasteiger partial charge in [0.2, 0.25) is 0 Å². The number of hydrogen-bond acceptors (Lipinski definition) is 1. The first-order chi connectivity index (χ1) is 12.4. The van der Waals surface area contributed by atoms with Crippen molar-refractivity contribution in [3.63, 3.8) is 0 Å². The van der Waals surface area contributed by atoms with Crippen molar-refractivity contribution in [3.05, 3.63) is 71.3 Å². The van der Waals surface area contributed by atoms with Crippen LogP contribution >= 0.6 is 0 Å². The lowest BCUT2D eigenvalue weighted by Crippen LogP contribution is -2.22. The number of aliphatic imine (C=N–C) groups is 1. The van der Waals surface area contributed by atoms with E-state index in [0.29, 0.717) is 5.96 Å². The Bertz CT molecular complexity index is 999. The minimum absolute atomic E-state index is 0.0985. The summed E-state index contributed by atoms with van der Waals surface area (Å²) in [5.41, 5.74) is 12.3. The maximum Gasteiger partial charge on any atom is 0.198 e. The number of rotatable bonds is 2. The SMILES string of the molecule is CC(C)(C)c1cccc(NC(N)=Nc2ccc3c4c(cccc24)CC3)c1. The molecule has 0 unspecified atom stereocenters. The van der Waals surface area contributed by atoms with Gasteiger partial charge < -0.3 is 11.1 Å². The van der Waals surface area contributed by atoms with E-state index in [0.717, 1.165) is 24.2 Å². The van der Waals surface area contributed by atoms with E-state index in [9.17, 15) is 0 Å². The van der Waals surface area contributed by atoms with Crippen molar-refractivity contribution in [2.75, 3.05) is 5.32 Å². The predicted molar refractivity (Wildman–Crippen MR) is 111 cm³/mol. The molecule has 0 saturated heterocycles.